The van der Waals surface area contributed by atoms with E-state index in [4.69, 9.17) is 10.0 Å². The molecule has 0 amide bonds. The maximum absolute atomic E-state index is 12.2. The fourth-order valence-electron chi connectivity index (χ4n) is 2.09. The van der Waals surface area contributed by atoms with E-state index >= 15 is 0 Å². The maximum Gasteiger partial charge on any atom is 0.488 e. The van der Waals surface area contributed by atoms with E-state index in [2.05, 4.69) is 0 Å². The van der Waals surface area contributed by atoms with Crippen LogP contribution >= 0.6 is 0 Å². The van der Waals surface area contributed by atoms with Crippen molar-refractivity contribution in [2.45, 2.75) is 26.4 Å². The molecule has 0 aliphatic carbocycles. The van der Waals surface area contributed by atoms with Crippen LogP contribution in [0.1, 0.15) is 18.9 Å². The first-order valence-corrected chi connectivity index (χ1v) is 6.78. The van der Waals surface area contributed by atoms with Gasteiger partial charge in [0.25, 0.3) is 5.56 Å². The molecule has 0 aliphatic rings. The molecule has 0 spiro atoms. The van der Waals surface area contributed by atoms with E-state index < -0.39 is 7.12 Å². The van der Waals surface area contributed by atoms with Crippen LogP contribution in [0.2, 0.25) is 0 Å². The van der Waals surface area contributed by atoms with Crippen molar-refractivity contribution in [1.29, 1.82) is 0 Å². The molecular weight excluding hydrogens is 271 g/mol. The lowest BCUT2D eigenvalue weighted by atomic mass is 9.80. The zero-order chi connectivity index (χ0) is 15.4. The molecule has 21 heavy (non-hydrogen) atoms. The number of rotatable bonds is 5. The summed E-state index contributed by atoms with van der Waals surface area (Å²) < 4.78 is 2.67. The van der Waals surface area contributed by atoms with Gasteiger partial charge in [-0.05, 0) is 17.4 Å². The lowest BCUT2D eigenvalue weighted by molar-refractivity contribution is 0.426. The Kier molecular flexibility index (Phi) is 4.77. The molecule has 0 unspecified atom stereocenters. The van der Waals surface area contributed by atoms with Crippen molar-refractivity contribution in [3.05, 3.63) is 62.9 Å². The SMILES string of the molecule is CCCn1ccc(=O)n(Cc2ccc(B(O)O)cc2)c1=O. The normalized spacial score (nSPS) is 10.6. The predicted molar refractivity (Wildman–Crippen MR) is 80.6 cm³/mol. The Morgan fingerprint density at radius 2 is 1.76 bits per heavy atom. The Morgan fingerprint density at radius 1 is 1.10 bits per heavy atom. The molecular formula is C14H17BN2O4. The van der Waals surface area contributed by atoms with Crippen LogP contribution in [0.4, 0.5) is 0 Å². The van der Waals surface area contributed by atoms with Crippen LogP contribution in [-0.4, -0.2) is 26.3 Å². The van der Waals surface area contributed by atoms with Gasteiger partial charge >= 0.3 is 12.8 Å². The molecule has 110 valence electrons. The van der Waals surface area contributed by atoms with E-state index in [1.165, 1.54) is 21.4 Å². The lowest BCUT2D eigenvalue weighted by Gasteiger charge is -2.09. The fourth-order valence-corrected chi connectivity index (χ4v) is 2.09. The highest BCUT2D eigenvalue weighted by Gasteiger charge is 2.10. The molecule has 0 atom stereocenters. The van der Waals surface area contributed by atoms with Gasteiger partial charge in [-0.1, -0.05) is 31.2 Å². The van der Waals surface area contributed by atoms with Crippen LogP contribution in [0.15, 0.2) is 46.1 Å². The number of aryl methyl sites for hydroxylation is 1. The third kappa shape index (κ3) is 3.50. The van der Waals surface area contributed by atoms with Gasteiger partial charge in [-0.25, -0.2) is 4.79 Å². The average Bonchev–Trinajstić information content (AvgIpc) is 2.47. The van der Waals surface area contributed by atoms with E-state index in [-0.39, 0.29) is 17.8 Å². The molecule has 0 fully saturated rings. The summed E-state index contributed by atoms with van der Waals surface area (Å²) in [5.74, 6) is 0. The zero-order valence-corrected chi connectivity index (χ0v) is 11.8. The van der Waals surface area contributed by atoms with Crippen LogP contribution in [0.25, 0.3) is 0 Å². The second-order valence-electron chi connectivity index (χ2n) is 4.83. The van der Waals surface area contributed by atoms with Gasteiger partial charge in [0.15, 0.2) is 0 Å². The summed E-state index contributed by atoms with van der Waals surface area (Å²) in [5, 5.41) is 18.1. The summed E-state index contributed by atoms with van der Waals surface area (Å²) in [4.78, 5) is 24.1. The Hall–Kier alpha value is -2.12. The van der Waals surface area contributed by atoms with Gasteiger partial charge < -0.3 is 14.6 Å². The second-order valence-corrected chi connectivity index (χ2v) is 4.83. The summed E-state index contributed by atoms with van der Waals surface area (Å²) in [6.07, 6.45) is 2.32. The highest BCUT2D eigenvalue weighted by molar-refractivity contribution is 6.58. The van der Waals surface area contributed by atoms with Crippen LogP contribution in [0, 0.1) is 0 Å². The average molecular weight is 288 g/mol. The zero-order valence-electron chi connectivity index (χ0n) is 11.8. The minimum atomic E-state index is -1.53. The smallest absolute Gasteiger partial charge is 0.423 e. The van der Waals surface area contributed by atoms with Crippen LogP contribution in [0.5, 0.6) is 0 Å². The summed E-state index contributed by atoms with van der Waals surface area (Å²) in [6, 6.07) is 7.82. The van der Waals surface area contributed by atoms with Crippen molar-refractivity contribution in [3.8, 4) is 0 Å². The molecule has 0 saturated carbocycles. The van der Waals surface area contributed by atoms with Gasteiger partial charge in [-0.2, -0.15) is 0 Å². The molecule has 1 aromatic carbocycles. The van der Waals surface area contributed by atoms with Crippen molar-refractivity contribution in [3.63, 3.8) is 0 Å². The Labute approximate surface area is 122 Å². The number of benzene rings is 1. The molecule has 7 heteroatoms. The molecule has 2 N–H and O–H groups in total. The molecule has 2 rings (SSSR count). The topological polar surface area (TPSA) is 84.5 Å². The second kappa shape index (κ2) is 6.56. The lowest BCUT2D eigenvalue weighted by Crippen LogP contribution is -2.39. The fraction of sp³-hybridized carbons (Fsp3) is 0.286. The minimum absolute atomic E-state index is 0.157. The van der Waals surface area contributed by atoms with Crippen LogP contribution in [0.3, 0.4) is 0 Å². The maximum atomic E-state index is 12.2. The van der Waals surface area contributed by atoms with Gasteiger partial charge in [0.05, 0.1) is 6.54 Å². The van der Waals surface area contributed by atoms with Crippen molar-refractivity contribution in [1.82, 2.24) is 9.13 Å². The number of hydrogen-bond acceptors (Lipinski definition) is 4. The van der Waals surface area contributed by atoms with E-state index in [0.717, 1.165) is 12.0 Å². The third-order valence-corrected chi connectivity index (χ3v) is 3.22. The molecule has 0 bridgehead atoms. The molecule has 0 radical (unpaired) electrons. The van der Waals surface area contributed by atoms with E-state index in [0.29, 0.717) is 12.0 Å². The minimum Gasteiger partial charge on any atom is -0.423 e. The standard InChI is InChI=1S/C14H17BN2O4/c1-2-8-16-9-7-13(18)17(14(16)19)10-11-3-5-12(6-4-11)15(20)21/h3-7,9,20-21H,2,8,10H2,1H3. The number of hydrogen-bond donors (Lipinski definition) is 2. The van der Waals surface area contributed by atoms with E-state index in [9.17, 15) is 9.59 Å². The monoisotopic (exact) mass is 288 g/mol. The summed E-state index contributed by atoms with van der Waals surface area (Å²) in [6.45, 7) is 2.68. The van der Waals surface area contributed by atoms with Crippen molar-refractivity contribution < 1.29 is 10.0 Å². The van der Waals surface area contributed by atoms with Crippen molar-refractivity contribution >= 4 is 12.6 Å². The Morgan fingerprint density at radius 3 is 2.33 bits per heavy atom. The Bertz CT molecular complexity index is 719. The number of nitrogens with zero attached hydrogens (tertiary/aromatic N) is 2. The van der Waals surface area contributed by atoms with Gasteiger partial charge in [0.1, 0.15) is 0 Å². The first-order chi connectivity index (χ1) is 10.0. The van der Waals surface area contributed by atoms with E-state index in [1.807, 2.05) is 6.92 Å². The molecule has 0 saturated heterocycles. The van der Waals surface area contributed by atoms with Gasteiger partial charge in [-0.3, -0.25) is 9.36 Å². The van der Waals surface area contributed by atoms with Crippen LogP contribution < -0.4 is 16.7 Å². The highest BCUT2D eigenvalue weighted by atomic mass is 16.4. The Balaban J connectivity index is 2.33. The molecule has 2 aromatic rings. The summed E-state index contributed by atoms with van der Waals surface area (Å²) >= 11 is 0. The predicted octanol–water partition coefficient (Wildman–Crippen LogP) is -0.852. The summed E-state index contributed by atoms with van der Waals surface area (Å²) in [7, 11) is -1.53. The number of aromatic nitrogens is 2. The summed E-state index contributed by atoms with van der Waals surface area (Å²) in [5.41, 5.74) is 0.421. The quantitative estimate of drug-likeness (QED) is 0.702. The van der Waals surface area contributed by atoms with Gasteiger partial charge in [0, 0.05) is 18.8 Å². The van der Waals surface area contributed by atoms with E-state index in [1.54, 1.807) is 24.3 Å². The highest BCUT2D eigenvalue weighted by Crippen LogP contribution is 1.98. The molecule has 1 aromatic heterocycles. The molecule has 6 nitrogen and oxygen atoms in total. The van der Waals surface area contributed by atoms with Gasteiger partial charge in [-0.15, -0.1) is 0 Å². The largest absolute Gasteiger partial charge is 0.488 e. The molecule has 1 heterocycles. The van der Waals surface area contributed by atoms with Gasteiger partial charge in [0.2, 0.25) is 0 Å². The third-order valence-electron chi connectivity index (χ3n) is 3.22. The first-order valence-electron chi connectivity index (χ1n) is 6.78. The first kappa shape index (κ1) is 15.3. The van der Waals surface area contributed by atoms with Crippen molar-refractivity contribution in [2.24, 2.45) is 0 Å². The van der Waals surface area contributed by atoms with Crippen molar-refractivity contribution in [2.75, 3.05) is 0 Å². The van der Waals surface area contributed by atoms with Crippen LogP contribution in [-0.2, 0) is 13.1 Å². The molecule has 0 aliphatic heterocycles.